The molecular formula is C26H17Cl2N3O7S. The number of aliphatic hydroxyl groups excluding tert-OH is 1. The van der Waals surface area contributed by atoms with Crippen LogP contribution in [0.4, 0.5) is 5.13 Å². The fourth-order valence-electron chi connectivity index (χ4n) is 4.32. The number of amides is 1. The van der Waals surface area contributed by atoms with Crippen LogP contribution in [0.1, 0.15) is 27.5 Å². The van der Waals surface area contributed by atoms with Crippen LogP contribution in [0.3, 0.4) is 0 Å². The molecule has 13 heteroatoms. The van der Waals surface area contributed by atoms with Gasteiger partial charge in [-0.05, 0) is 35.9 Å². The van der Waals surface area contributed by atoms with Crippen LogP contribution in [0.5, 0.6) is 11.5 Å². The molecule has 4 aromatic rings. The van der Waals surface area contributed by atoms with Crippen molar-refractivity contribution in [3.63, 3.8) is 0 Å². The van der Waals surface area contributed by atoms with Gasteiger partial charge in [0, 0.05) is 12.4 Å². The molecule has 2 aromatic carbocycles. The van der Waals surface area contributed by atoms with Crippen LogP contribution in [0.25, 0.3) is 16.0 Å². The number of aromatic carboxylic acids is 1. The van der Waals surface area contributed by atoms with E-state index in [1.807, 2.05) is 0 Å². The van der Waals surface area contributed by atoms with Crippen LogP contribution in [0, 0.1) is 0 Å². The van der Waals surface area contributed by atoms with Crippen LogP contribution in [0.2, 0.25) is 10.0 Å². The van der Waals surface area contributed by atoms with Gasteiger partial charge in [0.1, 0.15) is 10.8 Å². The number of thiazole rings is 1. The second kappa shape index (κ2) is 10.2. The predicted molar refractivity (Wildman–Crippen MR) is 145 cm³/mol. The van der Waals surface area contributed by atoms with Crippen molar-refractivity contribution in [3.05, 3.63) is 81.1 Å². The summed E-state index contributed by atoms with van der Waals surface area (Å²) >= 11 is 13.7. The fraction of sp³-hybridized carbons (Fsp3) is 0.115. The number of fused-ring (bicyclic) bond motifs is 1. The molecule has 0 bridgehead atoms. The van der Waals surface area contributed by atoms with Gasteiger partial charge in [-0.15, -0.1) is 0 Å². The molecule has 0 saturated carbocycles. The van der Waals surface area contributed by atoms with Gasteiger partial charge in [0.05, 0.1) is 52.2 Å². The highest BCUT2D eigenvalue weighted by molar-refractivity contribution is 7.22. The van der Waals surface area contributed by atoms with Gasteiger partial charge in [0.2, 0.25) is 0 Å². The first-order valence-electron chi connectivity index (χ1n) is 11.1. The van der Waals surface area contributed by atoms with E-state index in [1.54, 1.807) is 12.1 Å². The van der Waals surface area contributed by atoms with Crippen molar-refractivity contribution in [1.29, 1.82) is 0 Å². The molecule has 1 unspecified atom stereocenters. The van der Waals surface area contributed by atoms with E-state index in [0.717, 1.165) is 16.2 Å². The maximum atomic E-state index is 13.5. The van der Waals surface area contributed by atoms with Gasteiger partial charge in [-0.1, -0.05) is 40.6 Å². The van der Waals surface area contributed by atoms with Gasteiger partial charge in [-0.3, -0.25) is 19.5 Å². The van der Waals surface area contributed by atoms with Crippen molar-refractivity contribution >= 4 is 73.3 Å². The Kier molecular flexibility index (Phi) is 6.89. The Morgan fingerprint density at radius 1 is 1.08 bits per heavy atom. The van der Waals surface area contributed by atoms with Gasteiger partial charge >= 0.3 is 11.9 Å². The first kappa shape index (κ1) is 26.4. The summed E-state index contributed by atoms with van der Waals surface area (Å²) < 4.78 is 11.1. The lowest BCUT2D eigenvalue weighted by atomic mass is 9.96. The molecule has 2 aromatic heterocycles. The zero-order valence-electron chi connectivity index (χ0n) is 20.1. The number of pyridine rings is 1. The quantitative estimate of drug-likeness (QED) is 0.174. The largest absolute Gasteiger partial charge is 0.507 e. The molecule has 1 amide bonds. The van der Waals surface area contributed by atoms with E-state index in [-0.39, 0.29) is 43.4 Å². The molecule has 10 nitrogen and oxygen atoms in total. The number of methoxy groups -OCH3 is 2. The normalized spacial score (nSPS) is 16.6. The summed E-state index contributed by atoms with van der Waals surface area (Å²) in [4.78, 5) is 48.1. The zero-order valence-corrected chi connectivity index (χ0v) is 22.5. The van der Waals surface area contributed by atoms with Crippen molar-refractivity contribution in [3.8, 4) is 11.5 Å². The lowest BCUT2D eigenvalue weighted by Gasteiger charge is -2.23. The van der Waals surface area contributed by atoms with Crippen LogP contribution < -0.4 is 14.4 Å². The van der Waals surface area contributed by atoms with E-state index in [9.17, 15) is 24.6 Å². The first-order chi connectivity index (χ1) is 18.7. The molecule has 5 rings (SSSR count). The third-order valence-corrected chi connectivity index (χ3v) is 7.71. The Morgan fingerprint density at radius 2 is 1.82 bits per heavy atom. The number of ketones is 1. The molecular weight excluding hydrogens is 569 g/mol. The number of anilines is 1. The maximum absolute atomic E-state index is 13.5. The number of nitrogens with zero attached hydrogens (tertiary/aromatic N) is 3. The maximum Gasteiger partial charge on any atom is 0.335 e. The molecule has 1 aliphatic heterocycles. The number of ether oxygens (including phenoxy) is 2. The minimum absolute atomic E-state index is 0.0206. The smallest absolute Gasteiger partial charge is 0.335 e. The number of carbonyl (C=O) groups is 3. The summed E-state index contributed by atoms with van der Waals surface area (Å²) in [5.74, 6) is -3.56. The highest BCUT2D eigenvalue weighted by Gasteiger charge is 2.48. The molecule has 0 spiro atoms. The second-order valence-electron chi connectivity index (χ2n) is 8.23. The number of carboxylic acid groups (broad SMARTS) is 1. The molecule has 198 valence electrons. The minimum Gasteiger partial charge on any atom is -0.507 e. The highest BCUT2D eigenvalue weighted by atomic mass is 35.5. The number of aromatic nitrogens is 2. The number of rotatable bonds is 6. The van der Waals surface area contributed by atoms with Gasteiger partial charge in [0.15, 0.2) is 16.6 Å². The van der Waals surface area contributed by atoms with Gasteiger partial charge in [0.25, 0.3) is 5.78 Å². The van der Waals surface area contributed by atoms with Crippen molar-refractivity contribution in [2.45, 2.75) is 6.04 Å². The van der Waals surface area contributed by atoms with E-state index in [0.29, 0.717) is 15.8 Å². The molecule has 1 aliphatic rings. The standard InChI is InChI=1S/C26H17Cl2N3O7S/c1-37-22-13(9-14(27)23(38-2)18(22)28)20(32)17-19(12-4-3-7-29-10-12)31(24(34)21(17)33)26-30-15-6-5-11(25(35)36)8-16(15)39-26/h3-10,19,32H,1-2H3,(H,35,36)/b20-17+. The summed E-state index contributed by atoms with van der Waals surface area (Å²) in [7, 11) is 2.67. The summed E-state index contributed by atoms with van der Waals surface area (Å²) in [6.45, 7) is 0. The molecule has 2 N–H and O–H groups in total. The average Bonchev–Trinajstić information content (AvgIpc) is 3.46. The van der Waals surface area contributed by atoms with E-state index in [2.05, 4.69) is 9.97 Å². The Hall–Kier alpha value is -4.19. The van der Waals surface area contributed by atoms with Gasteiger partial charge in [-0.2, -0.15) is 0 Å². The predicted octanol–water partition coefficient (Wildman–Crippen LogP) is 5.34. The third kappa shape index (κ3) is 4.34. The molecule has 1 atom stereocenters. The lowest BCUT2D eigenvalue weighted by Crippen LogP contribution is -2.29. The van der Waals surface area contributed by atoms with E-state index in [4.69, 9.17) is 32.7 Å². The van der Waals surface area contributed by atoms with Crippen molar-refractivity contribution in [1.82, 2.24) is 9.97 Å². The summed E-state index contributed by atoms with van der Waals surface area (Å²) in [5, 5.41) is 21.0. The summed E-state index contributed by atoms with van der Waals surface area (Å²) in [5.41, 5.74) is 0.587. The Labute approximate surface area is 234 Å². The molecule has 0 radical (unpaired) electrons. The number of Topliss-reactive ketones (excluding diaryl/α,β-unsaturated/α-hetero) is 1. The Bertz CT molecular complexity index is 1700. The number of halogens is 2. The molecule has 1 saturated heterocycles. The van der Waals surface area contributed by atoms with Crippen molar-refractivity contribution in [2.24, 2.45) is 0 Å². The van der Waals surface area contributed by atoms with Crippen LogP contribution in [-0.4, -0.2) is 52.1 Å². The number of aliphatic hydroxyl groups is 1. The number of hydrogen-bond donors (Lipinski definition) is 2. The molecule has 1 fully saturated rings. The SMILES string of the molecule is COc1c(Cl)cc(/C(O)=C2\C(=O)C(=O)N(c3nc4ccc(C(=O)O)cc4s3)C2c2cccnc2)c(OC)c1Cl. The fourth-order valence-corrected chi connectivity index (χ4v) is 6.04. The number of hydrogen-bond acceptors (Lipinski definition) is 9. The monoisotopic (exact) mass is 585 g/mol. The second-order valence-corrected chi connectivity index (χ2v) is 10.0. The first-order valence-corrected chi connectivity index (χ1v) is 12.7. The van der Waals surface area contributed by atoms with Crippen LogP contribution in [-0.2, 0) is 9.59 Å². The average molecular weight is 586 g/mol. The Balaban J connectivity index is 1.75. The lowest BCUT2D eigenvalue weighted by molar-refractivity contribution is -0.132. The zero-order chi connectivity index (χ0) is 28.0. The summed E-state index contributed by atoms with van der Waals surface area (Å²) in [6.07, 6.45) is 2.98. The van der Waals surface area contributed by atoms with Crippen LogP contribution in [0.15, 0.2) is 54.4 Å². The van der Waals surface area contributed by atoms with Crippen molar-refractivity contribution < 1.29 is 34.1 Å². The third-order valence-electron chi connectivity index (χ3n) is 6.07. The Morgan fingerprint density at radius 3 is 2.46 bits per heavy atom. The van der Waals surface area contributed by atoms with Crippen LogP contribution >= 0.6 is 34.5 Å². The minimum atomic E-state index is -1.14. The van der Waals surface area contributed by atoms with E-state index >= 15 is 0 Å². The summed E-state index contributed by atoms with van der Waals surface area (Å²) in [6, 6.07) is 7.78. The molecule has 39 heavy (non-hydrogen) atoms. The highest BCUT2D eigenvalue weighted by Crippen LogP contribution is 2.48. The number of carbonyl (C=O) groups excluding carboxylic acids is 2. The number of benzene rings is 2. The topological polar surface area (TPSA) is 139 Å². The van der Waals surface area contributed by atoms with Gasteiger partial charge < -0.3 is 19.7 Å². The van der Waals surface area contributed by atoms with E-state index in [1.165, 1.54) is 50.9 Å². The van der Waals surface area contributed by atoms with Gasteiger partial charge in [-0.25, -0.2) is 9.78 Å². The van der Waals surface area contributed by atoms with E-state index < -0.39 is 29.5 Å². The molecule has 3 heterocycles. The molecule has 0 aliphatic carbocycles. The van der Waals surface area contributed by atoms with Crippen molar-refractivity contribution in [2.75, 3.05) is 19.1 Å². The number of carboxylic acids is 1.